The van der Waals surface area contributed by atoms with Gasteiger partial charge < -0.3 is 5.32 Å². The summed E-state index contributed by atoms with van der Waals surface area (Å²) in [5.74, 6) is -0.940. The summed E-state index contributed by atoms with van der Waals surface area (Å²) in [5.41, 5.74) is 4.50. The highest BCUT2D eigenvalue weighted by molar-refractivity contribution is 5.95. The van der Waals surface area contributed by atoms with Crippen LogP contribution in [0.1, 0.15) is 10.4 Å². The molecule has 5 nitrogen and oxygen atoms in total. The Balaban J connectivity index is 2.54. The molecule has 0 aliphatic heterocycles. The zero-order valence-electron chi connectivity index (χ0n) is 8.00. The molecule has 0 aromatic heterocycles. The molecule has 0 saturated carbocycles. The number of carbonyl (C=O) groups excluding carboxylic acids is 2. The lowest BCUT2D eigenvalue weighted by Gasteiger charge is -2.06. The number of hydrogen-bond acceptors (Lipinski definition) is 2. The first kappa shape index (κ1) is 11.0. The topological polar surface area (TPSA) is 70.2 Å². The summed E-state index contributed by atoms with van der Waals surface area (Å²) >= 11 is 0. The van der Waals surface area contributed by atoms with Gasteiger partial charge in [-0.3, -0.25) is 10.2 Å². The Hall–Kier alpha value is -2.11. The number of carbonyl (C=O) groups is 2. The van der Waals surface area contributed by atoms with Crippen LogP contribution in [0.2, 0.25) is 0 Å². The minimum absolute atomic E-state index is 0.257. The Labute approximate surface area is 85.6 Å². The number of hydrazine groups is 1. The lowest BCUT2D eigenvalue weighted by atomic mass is 10.2. The van der Waals surface area contributed by atoms with Gasteiger partial charge in [0.05, 0.1) is 0 Å². The Kier molecular flexibility index (Phi) is 3.61. The molecule has 0 aliphatic carbocycles. The van der Waals surface area contributed by atoms with Gasteiger partial charge in [0.1, 0.15) is 5.82 Å². The first-order chi connectivity index (χ1) is 7.13. The van der Waals surface area contributed by atoms with Crippen LogP contribution in [0.15, 0.2) is 24.3 Å². The Morgan fingerprint density at radius 1 is 1.13 bits per heavy atom. The lowest BCUT2D eigenvalue weighted by molar-refractivity contribution is 0.0936. The number of amides is 3. The predicted molar refractivity (Wildman–Crippen MR) is 51.5 cm³/mol. The van der Waals surface area contributed by atoms with E-state index in [9.17, 15) is 14.0 Å². The number of hydrogen-bond donors (Lipinski definition) is 3. The molecular weight excluding hydrogens is 201 g/mol. The highest BCUT2D eigenvalue weighted by Crippen LogP contribution is 2.01. The molecule has 15 heavy (non-hydrogen) atoms. The van der Waals surface area contributed by atoms with Crippen molar-refractivity contribution in [2.75, 3.05) is 7.05 Å². The molecule has 1 aromatic carbocycles. The molecule has 0 aliphatic rings. The number of nitrogens with one attached hydrogen (secondary N) is 3. The molecule has 0 spiro atoms. The Bertz CT molecular complexity index is 364. The predicted octanol–water partition coefficient (Wildman–Crippen LogP) is 0.399. The van der Waals surface area contributed by atoms with Crippen LogP contribution >= 0.6 is 0 Å². The second kappa shape index (κ2) is 4.94. The van der Waals surface area contributed by atoms with Gasteiger partial charge in [-0.05, 0) is 24.3 Å². The molecule has 1 aromatic rings. The van der Waals surface area contributed by atoms with Gasteiger partial charge in [0.25, 0.3) is 5.91 Å². The molecular formula is C9H10FN3O2. The van der Waals surface area contributed by atoms with Gasteiger partial charge in [0.2, 0.25) is 0 Å². The fraction of sp³-hybridized carbons (Fsp3) is 0.111. The van der Waals surface area contributed by atoms with Crippen molar-refractivity contribution >= 4 is 11.9 Å². The third-order valence-corrected chi connectivity index (χ3v) is 1.62. The van der Waals surface area contributed by atoms with Crippen LogP contribution < -0.4 is 16.2 Å². The van der Waals surface area contributed by atoms with Crippen LogP contribution in [-0.4, -0.2) is 19.0 Å². The van der Waals surface area contributed by atoms with E-state index in [1.165, 1.54) is 19.2 Å². The van der Waals surface area contributed by atoms with Gasteiger partial charge in [-0.1, -0.05) is 0 Å². The highest BCUT2D eigenvalue weighted by Gasteiger charge is 2.05. The van der Waals surface area contributed by atoms with Crippen LogP contribution in [0.25, 0.3) is 0 Å². The normalized spacial score (nSPS) is 9.20. The second-order valence-electron chi connectivity index (χ2n) is 2.67. The van der Waals surface area contributed by atoms with E-state index in [1.54, 1.807) is 0 Å². The third kappa shape index (κ3) is 3.26. The van der Waals surface area contributed by atoms with Crippen molar-refractivity contribution in [1.82, 2.24) is 16.2 Å². The minimum Gasteiger partial charge on any atom is -0.340 e. The monoisotopic (exact) mass is 211 g/mol. The van der Waals surface area contributed by atoms with Crippen LogP contribution in [0, 0.1) is 5.82 Å². The average Bonchev–Trinajstić information content (AvgIpc) is 2.26. The van der Waals surface area contributed by atoms with Crippen molar-refractivity contribution in [2.45, 2.75) is 0 Å². The van der Waals surface area contributed by atoms with Crippen molar-refractivity contribution in [3.05, 3.63) is 35.6 Å². The second-order valence-corrected chi connectivity index (χ2v) is 2.67. The molecule has 3 N–H and O–H groups in total. The van der Waals surface area contributed by atoms with Crippen LogP contribution in [0.3, 0.4) is 0 Å². The maximum absolute atomic E-state index is 12.5. The van der Waals surface area contributed by atoms with Crippen molar-refractivity contribution < 1.29 is 14.0 Å². The van der Waals surface area contributed by atoms with Crippen molar-refractivity contribution in [2.24, 2.45) is 0 Å². The highest BCUT2D eigenvalue weighted by atomic mass is 19.1. The van der Waals surface area contributed by atoms with E-state index in [1.807, 2.05) is 0 Å². The quantitative estimate of drug-likeness (QED) is 0.588. The molecule has 0 saturated heterocycles. The van der Waals surface area contributed by atoms with Crippen LogP contribution in [-0.2, 0) is 0 Å². The molecule has 0 heterocycles. The van der Waals surface area contributed by atoms with E-state index >= 15 is 0 Å². The van der Waals surface area contributed by atoms with Crippen molar-refractivity contribution in [1.29, 1.82) is 0 Å². The average molecular weight is 211 g/mol. The number of rotatable bonds is 1. The van der Waals surface area contributed by atoms with Gasteiger partial charge in [-0.2, -0.15) is 0 Å². The molecule has 0 radical (unpaired) electrons. The van der Waals surface area contributed by atoms with Gasteiger partial charge in [-0.15, -0.1) is 0 Å². The summed E-state index contributed by atoms with van der Waals surface area (Å²) in [6.07, 6.45) is 0. The van der Waals surface area contributed by atoms with E-state index in [0.717, 1.165) is 12.1 Å². The van der Waals surface area contributed by atoms with E-state index in [-0.39, 0.29) is 5.56 Å². The molecule has 6 heteroatoms. The van der Waals surface area contributed by atoms with Crippen LogP contribution in [0.5, 0.6) is 0 Å². The minimum atomic E-state index is -0.537. The van der Waals surface area contributed by atoms with Crippen molar-refractivity contribution in [3.63, 3.8) is 0 Å². The molecule has 3 amide bonds. The van der Waals surface area contributed by atoms with E-state index in [2.05, 4.69) is 16.2 Å². The SMILES string of the molecule is CNC(=O)NNC(=O)c1ccc(F)cc1. The number of halogens is 1. The fourth-order valence-electron chi connectivity index (χ4n) is 0.849. The van der Waals surface area contributed by atoms with Crippen molar-refractivity contribution in [3.8, 4) is 0 Å². The first-order valence-corrected chi connectivity index (χ1v) is 4.17. The Morgan fingerprint density at radius 3 is 2.27 bits per heavy atom. The van der Waals surface area contributed by atoms with Gasteiger partial charge in [0.15, 0.2) is 0 Å². The van der Waals surface area contributed by atoms with Gasteiger partial charge >= 0.3 is 6.03 Å². The lowest BCUT2D eigenvalue weighted by Crippen LogP contribution is -2.45. The van der Waals surface area contributed by atoms with E-state index in [0.29, 0.717) is 0 Å². The molecule has 0 atom stereocenters. The summed E-state index contributed by atoms with van der Waals surface area (Å²) in [5, 5.41) is 2.26. The summed E-state index contributed by atoms with van der Waals surface area (Å²) in [4.78, 5) is 22.0. The number of urea groups is 1. The summed E-state index contributed by atoms with van der Waals surface area (Å²) < 4.78 is 12.5. The Morgan fingerprint density at radius 2 is 1.73 bits per heavy atom. The summed E-state index contributed by atoms with van der Waals surface area (Å²) in [6.45, 7) is 0. The maximum Gasteiger partial charge on any atom is 0.333 e. The van der Waals surface area contributed by atoms with E-state index < -0.39 is 17.8 Å². The largest absolute Gasteiger partial charge is 0.340 e. The molecule has 0 unspecified atom stereocenters. The summed E-state index contributed by atoms with van der Waals surface area (Å²) in [6, 6.07) is 4.42. The maximum atomic E-state index is 12.5. The number of benzene rings is 1. The fourth-order valence-corrected chi connectivity index (χ4v) is 0.849. The van der Waals surface area contributed by atoms with Crippen LogP contribution in [0.4, 0.5) is 9.18 Å². The molecule has 1 rings (SSSR count). The molecule has 0 bridgehead atoms. The molecule has 0 fully saturated rings. The zero-order valence-corrected chi connectivity index (χ0v) is 8.00. The van der Waals surface area contributed by atoms with E-state index in [4.69, 9.17) is 0 Å². The summed E-state index contributed by atoms with van der Waals surface area (Å²) in [7, 11) is 1.42. The van der Waals surface area contributed by atoms with Gasteiger partial charge in [-0.25, -0.2) is 14.6 Å². The standard InChI is InChI=1S/C9H10FN3O2/c1-11-9(15)13-12-8(14)6-2-4-7(10)5-3-6/h2-5H,1H3,(H,12,14)(H2,11,13,15). The first-order valence-electron chi connectivity index (χ1n) is 4.17. The zero-order chi connectivity index (χ0) is 11.3. The van der Waals surface area contributed by atoms with Gasteiger partial charge in [0, 0.05) is 12.6 Å². The molecule has 80 valence electrons. The smallest absolute Gasteiger partial charge is 0.333 e. The third-order valence-electron chi connectivity index (χ3n) is 1.62.